The van der Waals surface area contributed by atoms with Crippen LogP contribution in [0.15, 0.2) is 42.6 Å². The number of pyridine rings is 1. The van der Waals surface area contributed by atoms with Crippen LogP contribution in [0.2, 0.25) is 0 Å². The summed E-state index contributed by atoms with van der Waals surface area (Å²) < 4.78 is 5.87. The summed E-state index contributed by atoms with van der Waals surface area (Å²) in [5.41, 5.74) is 3.66. The van der Waals surface area contributed by atoms with Crippen LogP contribution in [-0.2, 0) is 13.0 Å². The van der Waals surface area contributed by atoms with Crippen LogP contribution in [0.1, 0.15) is 36.2 Å². The van der Waals surface area contributed by atoms with Gasteiger partial charge in [0.15, 0.2) is 0 Å². The van der Waals surface area contributed by atoms with E-state index in [1.54, 1.807) is 0 Å². The lowest BCUT2D eigenvalue weighted by Crippen LogP contribution is -2.27. The predicted octanol–water partition coefficient (Wildman–Crippen LogP) is 3.26. The van der Waals surface area contributed by atoms with Gasteiger partial charge in [-0.25, -0.2) is 0 Å². The first kappa shape index (κ1) is 13.1. The number of ether oxygens (including phenoxy) is 1. The van der Waals surface area contributed by atoms with E-state index in [4.69, 9.17) is 4.74 Å². The standard InChI is InChI=1S/C17H20N2O/c1-2-13-6-5-8-15-16(9-11-20-17(13)15)19-12-14-7-3-4-10-18-14/h3-8,10,16,19H,2,9,11-12H2,1H3. The van der Waals surface area contributed by atoms with Crippen LogP contribution < -0.4 is 10.1 Å². The predicted molar refractivity (Wildman–Crippen MR) is 79.7 cm³/mol. The molecule has 3 heteroatoms. The maximum atomic E-state index is 5.87. The number of para-hydroxylation sites is 1. The number of fused-ring (bicyclic) bond motifs is 1. The van der Waals surface area contributed by atoms with Gasteiger partial charge in [-0.2, -0.15) is 0 Å². The molecule has 1 unspecified atom stereocenters. The molecule has 0 aliphatic carbocycles. The van der Waals surface area contributed by atoms with Crippen molar-refractivity contribution in [2.75, 3.05) is 6.61 Å². The highest BCUT2D eigenvalue weighted by Gasteiger charge is 2.22. The molecule has 3 rings (SSSR count). The number of rotatable bonds is 4. The molecular formula is C17H20N2O. The Labute approximate surface area is 120 Å². The zero-order chi connectivity index (χ0) is 13.8. The number of nitrogens with one attached hydrogen (secondary N) is 1. The van der Waals surface area contributed by atoms with Gasteiger partial charge in [-0.15, -0.1) is 0 Å². The fourth-order valence-electron chi connectivity index (χ4n) is 2.71. The van der Waals surface area contributed by atoms with E-state index in [-0.39, 0.29) is 0 Å². The van der Waals surface area contributed by atoms with Crippen molar-refractivity contribution in [1.82, 2.24) is 10.3 Å². The van der Waals surface area contributed by atoms with Crippen LogP contribution >= 0.6 is 0 Å². The van der Waals surface area contributed by atoms with Crippen LogP contribution in [0.25, 0.3) is 0 Å². The minimum absolute atomic E-state index is 0.354. The Bertz CT molecular complexity index is 568. The molecule has 1 N–H and O–H groups in total. The van der Waals surface area contributed by atoms with Crippen molar-refractivity contribution >= 4 is 0 Å². The van der Waals surface area contributed by atoms with Crippen LogP contribution in [0.5, 0.6) is 5.75 Å². The number of hydrogen-bond acceptors (Lipinski definition) is 3. The highest BCUT2D eigenvalue weighted by molar-refractivity contribution is 5.44. The van der Waals surface area contributed by atoms with Gasteiger partial charge in [-0.05, 0) is 24.1 Å². The third-order valence-electron chi connectivity index (χ3n) is 3.79. The van der Waals surface area contributed by atoms with E-state index in [0.29, 0.717) is 6.04 Å². The van der Waals surface area contributed by atoms with Gasteiger partial charge in [0.1, 0.15) is 5.75 Å². The van der Waals surface area contributed by atoms with Crippen molar-refractivity contribution in [3.8, 4) is 5.75 Å². The Morgan fingerprint density at radius 2 is 2.20 bits per heavy atom. The van der Waals surface area contributed by atoms with Gasteiger partial charge in [0.2, 0.25) is 0 Å². The summed E-state index contributed by atoms with van der Waals surface area (Å²) >= 11 is 0. The first-order valence-corrected chi connectivity index (χ1v) is 7.26. The Kier molecular flexibility index (Phi) is 3.97. The van der Waals surface area contributed by atoms with Gasteiger partial charge in [0.25, 0.3) is 0 Å². The number of aryl methyl sites for hydroxylation is 1. The lowest BCUT2D eigenvalue weighted by Gasteiger charge is -2.28. The molecule has 20 heavy (non-hydrogen) atoms. The molecule has 1 atom stereocenters. The molecule has 2 heterocycles. The third-order valence-corrected chi connectivity index (χ3v) is 3.79. The molecule has 0 fully saturated rings. The lowest BCUT2D eigenvalue weighted by atomic mass is 9.96. The Morgan fingerprint density at radius 1 is 1.25 bits per heavy atom. The molecule has 1 aromatic carbocycles. The number of hydrogen-bond donors (Lipinski definition) is 1. The van der Waals surface area contributed by atoms with Crippen molar-refractivity contribution in [3.63, 3.8) is 0 Å². The van der Waals surface area contributed by atoms with E-state index in [1.807, 2.05) is 18.3 Å². The van der Waals surface area contributed by atoms with Gasteiger partial charge in [0, 0.05) is 30.8 Å². The van der Waals surface area contributed by atoms with E-state index in [9.17, 15) is 0 Å². The van der Waals surface area contributed by atoms with Crippen molar-refractivity contribution in [2.45, 2.75) is 32.4 Å². The lowest BCUT2D eigenvalue weighted by molar-refractivity contribution is 0.249. The second kappa shape index (κ2) is 6.06. The molecule has 0 radical (unpaired) electrons. The summed E-state index contributed by atoms with van der Waals surface area (Å²) in [6.07, 6.45) is 3.85. The van der Waals surface area contributed by atoms with Crippen molar-refractivity contribution < 1.29 is 4.74 Å². The zero-order valence-electron chi connectivity index (χ0n) is 11.8. The van der Waals surface area contributed by atoms with E-state index in [2.05, 4.69) is 41.5 Å². The van der Waals surface area contributed by atoms with Crippen molar-refractivity contribution in [1.29, 1.82) is 0 Å². The van der Waals surface area contributed by atoms with Gasteiger partial charge in [-0.1, -0.05) is 31.2 Å². The van der Waals surface area contributed by atoms with Crippen molar-refractivity contribution in [2.24, 2.45) is 0 Å². The summed E-state index contributed by atoms with van der Waals surface area (Å²) in [6, 6.07) is 12.8. The minimum Gasteiger partial charge on any atom is -0.493 e. The van der Waals surface area contributed by atoms with Gasteiger partial charge < -0.3 is 10.1 Å². The molecular weight excluding hydrogens is 248 g/mol. The van der Waals surface area contributed by atoms with Crippen LogP contribution in [0.3, 0.4) is 0 Å². The number of nitrogens with zero attached hydrogens (tertiary/aromatic N) is 1. The number of aromatic nitrogens is 1. The second-order valence-corrected chi connectivity index (χ2v) is 5.08. The highest BCUT2D eigenvalue weighted by Crippen LogP contribution is 2.35. The van der Waals surface area contributed by atoms with E-state index in [0.717, 1.165) is 37.4 Å². The molecule has 3 nitrogen and oxygen atoms in total. The maximum absolute atomic E-state index is 5.87. The fourth-order valence-corrected chi connectivity index (χ4v) is 2.71. The average molecular weight is 268 g/mol. The first-order valence-electron chi connectivity index (χ1n) is 7.26. The Morgan fingerprint density at radius 3 is 3.00 bits per heavy atom. The molecule has 2 aromatic rings. The normalized spacial score (nSPS) is 17.4. The molecule has 0 bridgehead atoms. The minimum atomic E-state index is 0.354. The largest absolute Gasteiger partial charge is 0.493 e. The maximum Gasteiger partial charge on any atom is 0.127 e. The quantitative estimate of drug-likeness (QED) is 0.924. The monoisotopic (exact) mass is 268 g/mol. The Balaban J connectivity index is 1.77. The second-order valence-electron chi connectivity index (χ2n) is 5.08. The molecule has 1 aliphatic heterocycles. The van der Waals surface area contributed by atoms with Crippen molar-refractivity contribution in [3.05, 3.63) is 59.4 Å². The Hall–Kier alpha value is -1.87. The topological polar surface area (TPSA) is 34.1 Å². The molecule has 0 amide bonds. The highest BCUT2D eigenvalue weighted by atomic mass is 16.5. The van der Waals surface area contributed by atoms with Gasteiger partial charge >= 0.3 is 0 Å². The molecule has 0 saturated heterocycles. The van der Waals surface area contributed by atoms with E-state index < -0.39 is 0 Å². The summed E-state index contributed by atoms with van der Waals surface area (Å²) in [5, 5.41) is 3.60. The summed E-state index contributed by atoms with van der Waals surface area (Å²) in [7, 11) is 0. The fraction of sp³-hybridized carbons (Fsp3) is 0.353. The zero-order valence-corrected chi connectivity index (χ0v) is 11.8. The molecule has 1 aliphatic rings. The smallest absolute Gasteiger partial charge is 0.127 e. The van der Waals surface area contributed by atoms with Crippen LogP contribution in [-0.4, -0.2) is 11.6 Å². The third kappa shape index (κ3) is 2.68. The summed E-state index contributed by atoms with van der Waals surface area (Å²) in [6.45, 7) is 3.75. The van der Waals surface area contributed by atoms with E-state index in [1.165, 1.54) is 11.1 Å². The molecule has 0 spiro atoms. The van der Waals surface area contributed by atoms with Gasteiger partial charge in [0.05, 0.1) is 12.3 Å². The average Bonchev–Trinajstić information content (AvgIpc) is 2.53. The summed E-state index contributed by atoms with van der Waals surface area (Å²) in [4.78, 5) is 4.36. The van der Waals surface area contributed by atoms with Gasteiger partial charge in [-0.3, -0.25) is 4.98 Å². The van der Waals surface area contributed by atoms with Crippen LogP contribution in [0.4, 0.5) is 0 Å². The number of benzene rings is 1. The van der Waals surface area contributed by atoms with E-state index >= 15 is 0 Å². The molecule has 0 saturated carbocycles. The molecule has 104 valence electrons. The first-order chi connectivity index (χ1) is 9.88. The molecule has 1 aromatic heterocycles. The SMILES string of the molecule is CCc1cccc2c1OCCC2NCc1ccccn1. The summed E-state index contributed by atoms with van der Waals surface area (Å²) in [5.74, 6) is 1.08. The van der Waals surface area contributed by atoms with Crippen LogP contribution in [0, 0.1) is 0 Å².